The van der Waals surface area contributed by atoms with Gasteiger partial charge in [-0.3, -0.25) is 9.69 Å². The summed E-state index contributed by atoms with van der Waals surface area (Å²) in [6.45, 7) is 0.850. The third-order valence-corrected chi connectivity index (χ3v) is 7.97. The summed E-state index contributed by atoms with van der Waals surface area (Å²) in [5.74, 6) is 2.11. The molecular weight excluding hydrogens is 547 g/mol. The summed E-state index contributed by atoms with van der Waals surface area (Å²) >= 11 is 0. The molecule has 0 radical (unpaired) electrons. The van der Waals surface area contributed by atoms with Gasteiger partial charge >= 0.3 is 0 Å². The van der Waals surface area contributed by atoms with Gasteiger partial charge in [-0.05, 0) is 77.1 Å². The molecule has 1 N–H and O–H groups in total. The number of halogens is 1. The number of rotatable bonds is 11. The van der Waals surface area contributed by atoms with E-state index in [1.165, 1.54) is 12.1 Å². The lowest BCUT2D eigenvalue weighted by Crippen LogP contribution is -2.45. The monoisotopic (exact) mass is 584 g/mol. The zero-order valence-corrected chi connectivity index (χ0v) is 24.9. The SMILES string of the molecule is COc1ccc(C[C@H]2c3cc(OC)c(OC)cc3CCN2[C@@H](C(=O)NCc2cccc(F)c2)c2ccccc2)cc1OC. The number of benzene rings is 4. The average Bonchev–Trinajstić information content (AvgIpc) is 3.04. The minimum atomic E-state index is -0.596. The van der Waals surface area contributed by atoms with Crippen LogP contribution in [0, 0.1) is 5.82 Å². The van der Waals surface area contributed by atoms with Gasteiger partial charge in [-0.2, -0.15) is 0 Å². The highest BCUT2D eigenvalue weighted by Gasteiger charge is 2.37. The summed E-state index contributed by atoms with van der Waals surface area (Å²) in [4.78, 5) is 16.3. The number of nitrogens with zero attached hydrogens (tertiary/aromatic N) is 1. The van der Waals surface area contributed by atoms with Crippen molar-refractivity contribution in [3.8, 4) is 23.0 Å². The normalized spacial score (nSPS) is 15.2. The van der Waals surface area contributed by atoms with Gasteiger partial charge in [0.1, 0.15) is 11.9 Å². The first-order valence-corrected chi connectivity index (χ1v) is 14.2. The maximum atomic E-state index is 14.1. The van der Waals surface area contributed by atoms with E-state index in [0.29, 0.717) is 41.5 Å². The second kappa shape index (κ2) is 13.6. The standard InChI is InChI=1S/C35H37FN2O5/c1-40-30-14-13-23(19-31(30)41-2)18-29-28-21-33(43-4)32(42-3)20-26(28)15-16-38(29)34(25-10-6-5-7-11-25)35(39)37-22-24-9-8-12-27(36)17-24/h5-14,17,19-21,29,34H,15-16,18,22H2,1-4H3,(H,37,39)/t29-,34+/m0/s1. The molecule has 0 saturated heterocycles. The van der Waals surface area contributed by atoms with Crippen LogP contribution in [0.15, 0.2) is 84.9 Å². The number of amides is 1. The van der Waals surface area contributed by atoms with Gasteiger partial charge in [-0.1, -0.05) is 48.5 Å². The zero-order chi connectivity index (χ0) is 30.3. The Labute approximate surface area is 252 Å². The molecule has 224 valence electrons. The summed E-state index contributed by atoms with van der Waals surface area (Å²) in [6.07, 6.45) is 1.32. The lowest BCUT2D eigenvalue weighted by Gasteiger charge is -2.42. The second-order valence-electron chi connectivity index (χ2n) is 10.5. The second-order valence-corrected chi connectivity index (χ2v) is 10.5. The maximum absolute atomic E-state index is 14.1. The van der Waals surface area contributed by atoms with Crippen LogP contribution in [0.2, 0.25) is 0 Å². The number of hydrogen-bond donors (Lipinski definition) is 1. The summed E-state index contributed by atoms with van der Waals surface area (Å²) < 4.78 is 36.3. The van der Waals surface area contributed by atoms with Crippen LogP contribution in [-0.2, 0) is 24.2 Å². The predicted octanol–water partition coefficient (Wildman–Crippen LogP) is 6.06. The molecule has 1 amide bonds. The van der Waals surface area contributed by atoms with Gasteiger partial charge in [-0.25, -0.2) is 4.39 Å². The summed E-state index contributed by atoms with van der Waals surface area (Å²) in [6, 6.07) is 25.2. The van der Waals surface area contributed by atoms with Crippen molar-refractivity contribution in [2.75, 3.05) is 35.0 Å². The van der Waals surface area contributed by atoms with Crippen molar-refractivity contribution < 1.29 is 28.1 Å². The molecule has 1 aliphatic heterocycles. The third-order valence-electron chi connectivity index (χ3n) is 7.97. The average molecular weight is 585 g/mol. The van der Waals surface area contributed by atoms with Crippen molar-refractivity contribution in [3.63, 3.8) is 0 Å². The van der Waals surface area contributed by atoms with Crippen LogP contribution in [-0.4, -0.2) is 45.8 Å². The number of hydrogen-bond acceptors (Lipinski definition) is 6. The number of nitrogens with one attached hydrogen (secondary N) is 1. The van der Waals surface area contributed by atoms with Crippen molar-refractivity contribution in [1.29, 1.82) is 0 Å². The van der Waals surface area contributed by atoms with E-state index >= 15 is 0 Å². The fourth-order valence-corrected chi connectivity index (χ4v) is 5.88. The molecule has 0 spiro atoms. The van der Waals surface area contributed by atoms with E-state index in [1.54, 1.807) is 40.6 Å². The molecule has 1 aliphatic rings. The predicted molar refractivity (Wildman–Crippen MR) is 163 cm³/mol. The molecule has 0 aliphatic carbocycles. The van der Waals surface area contributed by atoms with Crippen LogP contribution < -0.4 is 24.3 Å². The summed E-state index contributed by atoms with van der Waals surface area (Å²) in [5, 5.41) is 3.08. The molecule has 43 heavy (non-hydrogen) atoms. The molecule has 0 aromatic heterocycles. The van der Waals surface area contributed by atoms with E-state index in [9.17, 15) is 9.18 Å². The Morgan fingerprint density at radius 2 is 1.51 bits per heavy atom. The number of ether oxygens (including phenoxy) is 4. The molecule has 0 saturated carbocycles. The Hall–Kier alpha value is -4.56. The highest BCUT2D eigenvalue weighted by Crippen LogP contribution is 2.43. The Bertz CT molecular complexity index is 1560. The van der Waals surface area contributed by atoms with Crippen molar-refractivity contribution in [2.45, 2.75) is 31.5 Å². The van der Waals surface area contributed by atoms with Gasteiger partial charge in [0.05, 0.1) is 28.4 Å². The van der Waals surface area contributed by atoms with Gasteiger partial charge in [-0.15, -0.1) is 0 Å². The van der Waals surface area contributed by atoms with Gasteiger partial charge in [0, 0.05) is 19.1 Å². The highest BCUT2D eigenvalue weighted by molar-refractivity contribution is 5.83. The third kappa shape index (κ3) is 6.60. The van der Waals surface area contributed by atoms with E-state index in [-0.39, 0.29) is 24.3 Å². The number of fused-ring (bicyclic) bond motifs is 1. The number of carbonyl (C=O) groups excluding carboxylic acids is 1. The van der Waals surface area contributed by atoms with Crippen molar-refractivity contribution in [1.82, 2.24) is 10.2 Å². The summed E-state index contributed by atoms with van der Waals surface area (Å²) in [5.41, 5.74) is 4.81. The Balaban J connectivity index is 1.57. The Morgan fingerprint density at radius 1 is 0.814 bits per heavy atom. The molecule has 0 bridgehead atoms. The molecule has 7 nitrogen and oxygen atoms in total. The van der Waals surface area contributed by atoms with Gasteiger partial charge in [0.2, 0.25) is 5.91 Å². The van der Waals surface area contributed by atoms with Crippen molar-refractivity contribution in [3.05, 3.63) is 119 Å². The number of carbonyl (C=O) groups is 1. The van der Waals surface area contributed by atoms with Crippen LogP contribution in [0.25, 0.3) is 0 Å². The Morgan fingerprint density at radius 3 is 2.21 bits per heavy atom. The molecule has 1 heterocycles. The molecule has 4 aromatic carbocycles. The minimum Gasteiger partial charge on any atom is -0.493 e. The van der Waals surface area contributed by atoms with E-state index in [4.69, 9.17) is 18.9 Å². The quantitative estimate of drug-likeness (QED) is 0.231. The highest BCUT2D eigenvalue weighted by atomic mass is 19.1. The van der Waals surface area contributed by atoms with Crippen LogP contribution in [0.5, 0.6) is 23.0 Å². The van der Waals surface area contributed by atoms with Crippen LogP contribution in [0.4, 0.5) is 4.39 Å². The fraction of sp³-hybridized carbons (Fsp3) is 0.286. The fourth-order valence-electron chi connectivity index (χ4n) is 5.88. The lowest BCUT2D eigenvalue weighted by molar-refractivity contribution is -0.128. The minimum absolute atomic E-state index is 0.156. The maximum Gasteiger partial charge on any atom is 0.242 e. The Kier molecular flexibility index (Phi) is 9.47. The molecule has 0 fully saturated rings. The van der Waals surface area contributed by atoms with Crippen LogP contribution in [0.3, 0.4) is 0 Å². The molecular formula is C35H37FN2O5. The molecule has 4 aromatic rings. The van der Waals surface area contributed by atoms with Gasteiger partial charge < -0.3 is 24.3 Å². The van der Waals surface area contributed by atoms with E-state index in [0.717, 1.165) is 28.7 Å². The smallest absolute Gasteiger partial charge is 0.242 e. The molecule has 2 atom stereocenters. The first-order valence-electron chi connectivity index (χ1n) is 14.2. The van der Waals surface area contributed by atoms with Gasteiger partial charge in [0.15, 0.2) is 23.0 Å². The lowest BCUT2D eigenvalue weighted by atomic mass is 9.86. The van der Waals surface area contributed by atoms with Crippen LogP contribution in [0.1, 0.15) is 39.9 Å². The summed E-state index contributed by atoms with van der Waals surface area (Å²) in [7, 11) is 6.49. The molecule has 8 heteroatoms. The number of methoxy groups -OCH3 is 4. The molecule has 0 unspecified atom stereocenters. The zero-order valence-electron chi connectivity index (χ0n) is 24.9. The molecule has 5 rings (SSSR count). The van der Waals surface area contributed by atoms with E-state index in [2.05, 4.69) is 10.2 Å². The largest absolute Gasteiger partial charge is 0.493 e. The van der Waals surface area contributed by atoms with Crippen molar-refractivity contribution >= 4 is 5.91 Å². The van der Waals surface area contributed by atoms with Crippen LogP contribution >= 0.6 is 0 Å². The first kappa shape index (κ1) is 29.9. The van der Waals surface area contributed by atoms with Gasteiger partial charge in [0.25, 0.3) is 0 Å². The van der Waals surface area contributed by atoms with Crippen molar-refractivity contribution in [2.24, 2.45) is 0 Å². The first-order chi connectivity index (χ1) is 20.9. The topological polar surface area (TPSA) is 69.3 Å². The van der Waals surface area contributed by atoms with E-state index < -0.39 is 6.04 Å². The van der Waals surface area contributed by atoms with E-state index in [1.807, 2.05) is 60.7 Å².